The lowest BCUT2D eigenvalue weighted by Crippen LogP contribution is -2.35. The molecule has 14 heteroatoms. The molecule has 2 aromatic carbocycles. The molecule has 0 bridgehead atoms. The minimum atomic E-state index is -5.35. The average Bonchev–Trinajstić information content (AvgIpc) is 2.94. The molecule has 0 aliphatic carbocycles. The Morgan fingerprint density at radius 2 is 1.58 bits per heavy atom. The van der Waals surface area contributed by atoms with Crippen LogP contribution in [0.3, 0.4) is 0 Å². The highest BCUT2D eigenvalue weighted by Crippen LogP contribution is 2.64. The van der Waals surface area contributed by atoms with E-state index in [4.69, 9.17) is 0 Å². The smallest absolute Gasteiger partial charge is 0.343 e. The van der Waals surface area contributed by atoms with Gasteiger partial charge in [0.05, 0.1) is 16.3 Å². The summed E-state index contributed by atoms with van der Waals surface area (Å²) in [6, 6.07) is 8.63. The van der Waals surface area contributed by atoms with E-state index in [-0.39, 0.29) is 16.8 Å². The molecule has 0 fully saturated rings. The summed E-state index contributed by atoms with van der Waals surface area (Å²) in [7, 11) is -7.14. The maximum atomic E-state index is 12.5. The molecule has 1 aromatic heterocycles. The summed E-state index contributed by atoms with van der Waals surface area (Å²) in [5.41, 5.74) is 3.67. The Bertz CT molecular complexity index is 1220. The Labute approximate surface area is 180 Å². The second-order valence-corrected chi connectivity index (χ2v) is 11.9. The van der Waals surface area contributed by atoms with E-state index in [2.05, 4.69) is 5.43 Å². The summed E-state index contributed by atoms with van der Waals surface area (Å²) < 4.78 is 25.6. The first-order valence-corrected chi connectivity index (χ1v) is 13.0. The van der Waals surface area contributed by atoms with Gasteiger partial charge in [-0.2, -0.15) is 0 Å². The van der Waals surface area contributed by atoms with Crippen molar-refractivity contribution in [2.24, 2.45) is 0 Å². The Hall–Kier alpha value is -2.17. The molecule has 1 unspecified atom stereocenters. The fraction of sp³-hybridized carbons (Fsp3) is 0.235. The second-order valence-electron chi connectivity index (χ2n) is 7.04. The van der Waals surface area contributed by atoms with Crippen molar-refractivity contribution in [2.45, 2.75) is 11.4 Å². The molecule has 0 radical (unpaired) electrons. The van der Waals surface area contributed by atoms with Crippen molar-refractivity contribution in [3.8, 4) is 5.75 Å². The van der Waals surface area contributed by atoms with Crippen LogP contribution in [-0.2, 0) is 9.13 Å². The van der Waals surface area contributed by atoms with Crippen molar-refractivity contribution in [1.29, 1.82) is 0 Å². The topological polar surface area (TPSA) is 173 Å². The van der Waals surface area contributed by atoms with Crippen molar-refractivity contribution in [2.75, 3.05) is 24.4 Å². The lowest BCUT2D eigenvalue weighted by atomic mass is 10.1. The van der Waals surface area contributed by atoms with Crippen molar-refractivity contribution in [3.05, 3.63) is 57.7 Å². The number of phenolic OH excluding ortho intramolecular Hbond substituents is 1. The number of nitrogens with zero attached hydrogens (tertiary/aromatic N) is 2. The Kier molecular flexibility index (Phi) is 6.37. The van der Waals surface area contributed by atoms with E-state index in [9.17, 15) is 38.6 Å². The summed E-state index contributed by atoms with van der Waals surface area (Å²) >= 11 is 0.797. The van der Waals surface area contributed by atoms with Gasteiger partial charge < -0.3 is 35.0 Å². The monoisotopic (exact) mass is 489 g/mol. The molecule has 3 aromatic rings. The molecule has 0 aliphatic heterocycles. The zero-order valence-electron chi connectivity index (χ0n) is 16.4. The zero-order valence-corrected chi connectivity index (χ0v) is 19.0. The van der Waals surface area contributed by atoms with Gasteiger partial charge >= 0.3 is 20.1 Å². The molecule has 6 N–H and O–H groups in total. The minimum Gasteiger partial charge on any atom is -0.508 e. The van der Waals surface area contributed by atoms with Crippen LogP contribution < -0.4 is 15.2 Å². The van der Waals surface area contributed by atoms with Gasteiger partial charge in [-0.15, -0.1) is 0 Å². The lowest BCUT2D eigenvalue weighted by Gasteiger charge is -2.30. The van der Waals surface area contributed by atoms with Gasteiger partial charge in [0.25, 0.3) is 0 Å². The molecular weight excluding hydrogens is 468 g/mol. The maximum absolute atomic E-state index is 12.5. The van der Waals surface area contributed by atoms with Crippen molar-refractivity contribution >= 4 is 42.4 Å². The number of hydrogen-bond donors (Lipinski definition) is 6. The third-order valence-electron chi connectivity index (χ3n) is 4.59. The van der Waals surface area contributed by atoms with Crippen molar-refractivity contribution < 1.29 is 33.8 Å². The lowest BCUT2D eigenvalue weighted by molar-refractivity contribution is 0.330. The van der Waals surface area contributed by atoms with E-state index in [0.29, 0.717) is 4.70 Å². The average molecular weight is 489 g/mol. The van der Waals surface area contributed by atoms with E-state index < -0.39 is 31.5 Å². The van der Waals surface area contributed by atoms with Gasteiger partial charge in [-0.1, -0.05) is 23.5 Å². The predicted octanol–water partition coefficient (Wildman–Crippen LogP) is 1.80. The van der Waals surface area contributed by atoms with Crippen LogP contribution in [0.1, 0.15) is 11.6 Å². The SMILES string of the molecule is CN(C)c1ccc(C(Nn2c(=O)sc3ccc(O)cc32)C(P(=O)(O)O)P(=O)(O)O)cc1. The van der Waals surface area contributed by atoms with Crippen molar-refractivity contribution in [3.63, 3.8) is 0 Å². The number of phenols is 1. The normalized spacial score (nSPS) is 13.5. The van der Waals surface area contributed by atoms with Crippen LogP contribution in [0, 0.1) is 0 Å². The first kappa shape index (κ1) is 23.5. The summed E-state index contributed by atoms with van der Waals surface area (Å²) in [6.07, 6.45) is 0. The molecule has 1 heterocycles. The number of fused-ring (bicyclic) bond motifs is 1. The van der Waals surface area contributed by atoms with Gasteiger partial charge in [-0.3, -0.25) is 13.9 Å². The van der Waals surface area contributed by atoms with Crippen LogP contribution >= 0.6 is 26.5 Å². The second kappa shape index (κ2) is 8.40. The Morgan fingerprint density at radius 1 is 1.00 bits per heavy atom. The minimum absolute atomic E-state index is 0.147. The highest BCUT2D eigenvalue weighted by atomic mass is 32.1. The Morgan fingerprint density at radius 3 is 2.10 bits per heavy atom. The van der Waals surface area contributed by atoms with Crippen LogP contribution in [0.5, 0.6) is 5.75 Å². The first-order chi connectivity index (χ1) is 14.3. The number of anilines is 1. The number of nitrogens with one attached hydrogen (secondary N) is 1. The van der Waals surface area contributed by atoms with E-state index in [1.165, 1.54) is 30.3 Å². The summed E-state index contributed by atoms with van der Waals surface area (Å²) in [4.78, 5) is 52.9. The molecule has 31 heavy (non-hydrogen) atoms. The standard InChI is InChI=1S/C17H21N3O8P2S/c1-19(2)11-5-3-10(4-6-11)15(16(29(23,24)25)30(26,27)28)18-20-13-9-12(21)7-8-14(13)31-17(20)22/h3-9,15-16,18,21H,1-2H3,(H2,23,24,25)(H2,26,27,28). The van der Waals surface area contributed by atoms with E-state index in [0.717, 1.165) is 21.7 Å². The number of rotatable bonds is 7. The van der Waals surface area contributed by atoms with E-state index in [1.54, 1.807) is 31.1 Å². The van der Waals surface area contributed by atoms with Gasteiger partial charge in [-0.05, 0) is 29.8 Å². The summed E-state index contributed by atoms with van der Waals surface area (Å²) in [6.45, 7) is 0. The third-order valence-corrected chi connectivity index (χ3v) is 9.29. The first-order valence-electron chi connectivity index (χ1n) is 8.78. The fourth-order valence-corrected chi connectivity index (χ4v) is 6.79. The molecule has 11 nitrogen and oxygen atoms in total. The zero-order chi connectivity index (χ0) is 23.1. The molecule has 168 valence electrons. The highest BCUT2D eigenvalue weighted by molar-refractivity contribution is 7.71. The summed E-state index contributed by atoms with van der Waals surface area (Å²) in [5, 5.41) is 7.32. The molecule has 0 saturated heterocycles. The van der Waals surface area contributed by atoms with Gasteiger partial charge in [0.1, 0.15) is 5.75 Å². The molecule has 3 rings (SSSR count). The van der Waals surface area contributed by atoms with Crippen LogP contribution in [0.15, 0.2) is 47.3 Å². The van der Waals surface area contributed by atoms with Crippen LogP contribution in [0.25, 0.3) is 10.2 Å². The fourth-order valence-electron chi connectivity index (χ4n) is 3.14. The number of aromatic hydroxyl groups is 1. The molecule has 0 aliphatic rings. The van der Waals surface area contributed by atoms with Crippen molar-refractivity contribution in [1.82, 2.24) is 4.68 Å². The van der Waals surface area contributed by atoms with Gasteiger partial charge in [0.15, 0.2) is 5.40 Å². The quantitative estimate of drug-likeness (QED) is 0.269. The van der Waals surface area contributed by atoms with Gasteiger partial charge in [0, 0.05) is 25.8 Å². The van der Waals surface area contributed by atoms with Gasteiger partial charge in [0.2, 0.25) is 0 Å². The largest absolute Gasteiger partial charge is 0.508 e. The predicted molar refractivity (Wildman–Crippen MR) is 118 cm³/mol. The van der Waals surface area contributed by atoms with E-state index in [1.807, 2.05) is 0 Å². The molecule has 1 atom stereocenters. The van der Waals surface area contributed by atoms with Gasteiger partial charge in [-0.25, -0.2) is 4.68 Å². The highest BCUT2D eigenvalue weighted by Gasteiger charge is 2.50. The van der Waals surface area contributed by atoms with Crippen LogP contribution in [-0.4, -0.2) is 48.9 Å². The molecule has 0 amide bonds. The number of thiazole rings is 1. The number of aromatic nitrogens is 1. The molecular formula is C17H21N3O8P2S. The molecule has 0 spiro atoms. The van der Waals surface area contributed by atoms with Crippen LogP contribution in [0.2, 0.25) is 0 Å². The Balaban J connectivity index is 2.20. The van der Waals surface area contributed by atoms with Crippen LogP contribution in [0.4, 0.5) is 5.69 Å². The van der Waals surface area contributed by atoms with E-state index >= 15 is 0 Å². The molecule has 0 saturated carbocycles. The maximum Gasteiger partial charge on any atom is 0.343 e. The third kappa shape index (κ3) is 5.02. The number of hydrogen-bond acceptors (Lipinski definition) is 7. The number of benzene rings is 2. The summed E-state index contributed by atoms with van der Waals surface area (Å²) in [5.74, 6) is -0.158.